The summed E-state index contributed by atoms with van der Waals surface area (Å²) >= 11 is 0. The molecule has 0 aliphatic carbocycles. The number of likely N-dealkylation sites (tertiary alicyclic amines) is 1. The van der Waals surface area contributed by atoms with E-state index < -0.39 is 0 Å². The van der Waals surface area contributed by atoms with Crippen LogP contribution in [0.25, 0.3) is 0 Å². The molecule has 0 aromatic carbocycles. The smallest absolute Gasteiger partial charge is 0.173 e. The molecular formula is C14H22N6O. The minimum absolute atomic E-state index is 0.0846. The zero-order valence-electron chi connectivity index (χ0n) is 12.1. The average molecular weight is 290 g/mol. The molecule has 2 fully saturated rings. The van der Waals surface area contributed by atoms with Gasteiger partial charge in [-0.05, 0) is 38.4 Å². The second-order valence-corrected chi connectivity index (χ2v) is 5.74. The van der Waals surface area contributed by atoms with Crippen molar-refractivity contribution in [2.45, 2.75) is 31.7 Å². The summed E-state index contributed by atoms with van der Waals surface area (Å²) in [5, 5.41) is 20.1. The molecule has 0 radical (unpaired) electrons. The van der Waals surface area contributed by atoms with Crippen LogP contribution in [-0.2, 0) is 0 Å². The van der Waals surface area contributed by atoms with E-state index in [1.807, 2.05) is 0 Å². The lowest BCUT2D eigenvalue weighted by Crippen LogP contribution is -2.41. The van der Waals surface area contributed by atoms with E-state index in [9.17, 15) is 0 Å². The van der Waals surface area contributed by atoms with Gasteiger partial charge in [-0.3, -0.25) is 4.90 Å². The summed E-state index contributed by atoms with van der Waals surface area (Å²) < 4.78 is 0. The maximum Gasteiger partial charge on any atom is 0.173 e. The van der Waals surface area contributed by atoms with E-state index in [2.05, 4.69) is 25.2 Å². The average Bonchev–Trinajstić information content (AvgIpc) is 3.05. The molecule has 0 bridgehead atoms. The minimum Gasteiger partial charge on any atom is -0.409 e. The zero-order valence-corrected chi connectivity index (χ0v) is 12.1. The van der Waals surface area contributed by atoms with Crippen molar-refractivity contribution in [3.05, 3.63) is 17.8 Å². The number of hydrogen-bond donors (Lipinski definition) is 2. The van der Waals surface area contributed by atoms with Crippen LogP contribution in [0.2, 0.25) is 0 Å². The Morgan fingerprint density at radius 3 is 2.86 bits per heavy atom. The first kappa shape index (κ1) is 14.1. The summed E-state index contributed by atoms with van der Waals surface area (Å²) in [4.78, 5) is 4.78. The molecule has 3 N–H and O–H groups in total. The van der Waals surface area contributed by atoms with E-state index in [1.165, 1.54) is 32.4 Å². The predicted molar refractivity (Wildman–Crippen MR) is 80.6 cm³/mol. The fourth-order valence-electron chi connectivity index (χ4n) is 3.33. The molecule has 0 spiro atoms. The third-order valence-electron chi connectivity index (χ3n) is 4.45. The van der Waals surface area contributed by atoms with Gasteiger partial charge in [0.1, 0.15) is 0 Å². The Balaban J connectivity index is 1.74. The van der Waals surface area contributed by atoms with E-state index >= 15 is 0 Å². The summed E-state index contributed by atoms with van der Waals surface area (Å²) in [6, 6.07) is 2.32. The number of piperidine rings is 1. The van der Waals surface area contributed by atoms with E-state index in [-0.39, 0.29) is 5.84 Å². The highest BCUT2D eigenvalue weighted by Gasteiger charge is 2.30. The van der Waals surface area contributed by atoms with Crippen molar-refractivity contribution in [1.82, 2.24) is 15.1 Å². The first-order chi connectivity index (χ1) is 10.3. The number of rotatable bonds is 3. The number of oxime groups is 1. The Kier molecular flexibility index (Phi) is 4.19. The van der Waals surface area contributed by atoms with Crippen LogP contribution in [0.4, 0.5) is 5.82 Å². The van der Waals surface area contributed by atoms with Crippen molar-refractivity contribution in [3.8, 4) is 0 Å². The van der Waals surface area contributed by atoms with E-state index in [1.54, 1.807) is 12.3 Å². The lowest BCUT2D eigenvalue weighted by Gasteiger charge is -2.32. The standard InChI is InChI=1S/C14H22N6O/c15-13(18-21)12-4-6-16-17-14(12)20-9-5-11(10-20)19-7-2-1-3-8-19/h4,6,11,21H,1-3,5,7-10H2,(H2,15,18). The second-order valence-electron chi connectivity index (χ2n) is 5.74. The van der Waals surface area contributed by atoms with Crippen LogP contribution in [0, 0.1) is 0 Å². The number of nitrogens with two attached hydrogens (primary N) is 1. The Morgan fingerprint density at radius 2 is 2.10 bits per heavy atom. The molecule has 1 atom stereocenters. The highest BCUT2D eigenvalue weighted by molar-refractivity contribution is 6.01. The quantitative estimate of drug-likeness (QED) is 0.367. The molecule has 3 rings (SSSR count). The molecule has 0 saturated carbocycles. The highest BCUT2D eigenvalue weighted by atomic mass is 16.4. The van der Waals surface area contributed by atoms with Crippen LogP contribution in [0.15, 0.2) is 17.4 Å². The van der Waals surface area contributed by atoms with Crippen LogP contribution in [0.1, 0.15) is 31.2 Å². The van der Waals surface area contributed by atoms with Gasteiger partial charge in [-0.25, -0.2) is 0 Å². The summed E-state index contributed by atoms with van der Waals surface area (Å²) in [6.07, 6.45) is 6.65. The van der Waals surface area contributed by atoms with Crippen molar-refractivity contribution in [1.29, 1.82) is 0 Å². The first-order valence-corrected chi connectivity index (χ1v) is 7.58. The molecule has 21 heavy (non-hydrogen) atoms. The maximum atomic E-state index is 8.90. The fraction of sp³-hybridized carbons (Fsp3) is 0.643. The second kappa shape index (κ2) is 6.26. The number of amidine groups is 1. The number of aromatic nitrogens is 2. The van der Waals surface area contributed by atoms with Crippen LogP contribution in [-0.4, -0.2) is 58.4 Å². The van der Waals surface area contributed by atoms with Crippen LogP contribution < -0.4 is 10.6 Å². The van der Waals surface area contributed by atoms with Crippen molar-refractivity contribution < 1.29 is 5.21 Å². The minimum atomic E-state index is 0.0846. The number of nitrogens with zero attached hydrogens (tertiary/aromatic N) is 5. The van der Waals surface area contributed by atoms with Gasteiger partial charge in [0.2, 0.25) is 0 Å². The van der Waals surface area contributed by atoms with Gasteiger partial charge in [-0.2, -0.15) is 5.10 Å². The molecular weight excluding hydrogens is 268 g/mol. The van der Waals surface area contributed by atoms with Gasteiger partial charge < -0.3 is 15.8 Å². The number of anilines is 1. The van der Waals surface area contributed by atoms with Crippen molar-refractivity contribution in [2.75, 3.05) is 31.1 Å². The molecule has 7 heteroatoms. The Labute approximate surface area is 124 Å². The van der Waals surface area contributed by atoms with Gasteiger partial charge in [-0.15, -0.1) is 5.10 Å². The molecule has 7 nitrogen and oxygen atoms in total. The molecule has 3 heterocycles. The number of hydrogen-bond acceptors (Lipinski definition) is 6. The molecule has 0 amide bonds. The third-order valence-corrected chi connectivity index (χ3v) is 4.45. The van der Waals surface area contributed by atoms with Gasteiger partial charge in [0, 0.05) is 19.1 Å². The summed E-state index contributed by atoms with van der Waals surface area (Å²) in [5.41, 5.74) is 6.38. The SMILES string of the molecule is N/C(=N/O)c1ccnnc1N1CCC(N2CCCCC2)C1. The van der Waals surface area contributed by atoms with Gasteiger partial charge in [0.15, 0.2) is 11.7 Å². The zero-order chi connectivity index (χ0) is 14.7. The molecule has 2 aliphatic heterocycles. The van der Waals surface area contributed by atoms with Crippen molar-refractivity contribution in [2.24, 2.45) is 10.9 Å². The largest absolute Gasteiger partial charge is 0.409 e. The third kappa shape index (κ3) is 2.92. The summed E-state index contributed by atoms with van der Waals surface area (Å²) in [6.45, 7) is 4.27. The van der Waals surface area contributed by atoms with Crippen LogP contribution in [0.5, 0.6) is 0 Å². The Morgan fingerprint density at radius 1 is 1.29 bits per heavy atom. The van der Waals surface area contributed by atoms with E-state index in [0.29, 0.717) is 17.4 Å². The van der Waals surface area contributed by atoms with Crippen molar-refractivity contribution in [3.63, 3.8) is 0 Å². The normalized spacial score (nSPS) is 24.5. The fourth-order valence-corrected chi connectivity index (χ4v) is 3.33. The Bertz CT molecular complexity index is 514. The monoisotopic (exact) mass is 290 g/mol. The van der Waals surface area contributed by atoms with Crippen LogP contribution in [0.3, 0.4) is 0 Å². The molecule has 2 aliphatic rings. The van der Waals surface area contributed by atoms with E-state index in [4.69, 9.17) is 10.9 Å². The lowest BCUT2D eigenvalue weighted by molar-refractivity contribution is 0.174. The maximum absolute atomic E-state index is 8.90. The Hall–Kier alpha value is -1.89. The van der Waals surface area contributed by atoms with Gasteiger partial charge in [0.05, 0.1) is 11.8 Å². The molecule has 114 valence electrons. The summed E-state index contributed by atoms with van der Waals surface area (Å²) in [7, 11) is 0. The highest BCUT2D eigenvalue weighted by Crippen LogP contribution is 2.25. The summed E-state index contributed by atoms with van der Waals surface area (Å²) in [5.74, 6) is 0.800. The molecule has 1 aromatic rings. The molecule has 1 unspecified atom stereocenters. The first-order valence-electron chi connectivity index (χ1n) is 7.58. The molecule has 1 aromatic heterocycles. The predicted octanol–water partition coefficient (Wildman–Crippen LogP) is 0.636. The lowest BCUT2D eigenvalue weighted by atomic mass is 10.1. The van der Waals surface area contributed by atoms with Gasteiger partial charge in [-0.1, -0.05) is 11.6 Å². The van der Waals surface area contributed by atoms with Gasteiger partial charge >= 0.3 is 0 Å². The van der Waals surface area contributed by atoms with Gasteiger partial charge in [0.25, 0.3) is 0 Å². The topological polar surface area (TPSA) is 90.9 Å². The van der Waals surface area contributed by atoms with Crippen LogP contribution >= 0.6 is 0 Å². The van der Waals surface area contributed by atoms with Crippen molar-refractivity contribution >= 4 is 11.7 Å². The molecule has 2 saturated heterocycles. The van der Waals surface area contributed by atoms with E-state index in [0.717, 1.165) is 19.5 Å².